The van der Waals surface area contributed by atoms with Gasteiger partial charge in [-0.15, -0.1) is 0 Å². The molecule has 106 valence electrons. The van der Waals surface area contributed by atoms with Crippen molar-refractivity contribution >= 4 is 6.03 Å². The van der Waals surface area contributed by atoms with Crippen molar-refractivity contribution < 1.29 is 4.79 Å². The summed E-state index contributed by atoms with van der Waals surface area (Å²) in [6, 6.07) is 0.0585. The Labute approximate surface area is 111 Å². The van der Waals surface area contributed by atoms with Crippen LogP contribution in [0.5, 0.6) is 0 Å². The highest BCUT2D eigenvalue weighted by Gasteiger charge is 2.22. The first-order valence-corrected chi connectivity index (χ1v) is 6.92. The van der Waals surface area contributed by atoms with Crippen LogP contribution in [0.4, 0.5) is 4.79 Å². The molecule has 0 aromatic carbocycles. The molecule has 0 radical (unpaired) electrons. The number of carbonyl (C=O) groups is 1. The Bertz CT molecular complexity index is 262. The quantitative estimate of drug-likeness (QED) is 0.787. The summed E-state index contributed by atoms with van der Waals surface area (Å²) >= 11 is 0. The molecule has 5 heteroatoms. The van der Waals surface area contributed by atoms with Gasteiger partial charge in [0, 0.05) is 25.2 Å². The Balaban J connectivity index is 2.39. The standard InChI is InChI=1S/C13H28N4O/c1-13(2,3)15-12(18)17-9-5-8-16(10-11-17)7-4-6-14/h4-11,14H2,1-3H3,(H,15,18). The lowest BCUT2D eigenvalue weighted by Crippen LogP contribution is -2.49. The van der Waals surface area contributed by atoms with Crippen LogP contribution in [0.15, 0.2) is 0 Å². The van der Waals surface area contributed by atoms with Crippen LogP contribution in [-0.2, 0) is 0 Å². The fraction of sp³-hybridized carbons (Fsp3) is 0.923. The lowest BCUT2D eigenvalue weighted by Gasteiger charge is -2.27. The number of hydrogen-bond donors (Lipinski definition) is 2. The molecule has 1 aliphatic heterocycles. The molecule has 0 aliphatic carbocycles. The minimum atomic E-state index is -0.164. The van der Waals surface area contributed by atoms with Gasteiger partial charge in [-0.3, -0.25) is 0 Å². The van der Waals surface area contributed by atoms with Crippen LogP contribution >= 0.6 is 0 Å². The summed E-state index contributed by atoms with van der Waals surface area (Å²) in [6.45, 7) is 11.5. The van der Waals surface area contributed by atoms with Gasteiger partial charge in [0.1, 0.15) is 0 Å². The van der Waals surface area contributed by atoms with E-state index < -0.39 is 0 Å². The van der Waals surface area contributed by atoms with Crippen LogP contribution in [0.3, 0.4) is 0 Å². The van der Waals surface area contributed by atoms with Crippen molar-refractivity contribution in [1.82, 2.24) is 15.1 Å². The summed E-state index contributed by atoms with van der Waals surface area (Å²) in [7, 11) is 0. The van der Waals surface area contributed by atoms with E-state index in [1.807, 2.05) is 25.7 Å². The molecule has 1 aliphatic rings. The fourth-order valence-electron chi connectivity index (χ4n) is 2.11. The lowest BCUT2D eigenvalue weighted by atomic mass is 10.1. The summed E-state index contributed by atoms with van der Waals surface area (Å²) < 4.78 is 0. The molecule has 5 nitrogen and oxygen atoms in total. The molecule has 0 aromatic heterocycles. The molecule has 3 N–H and O–H groups in total. The molecule has 2 amide bonds. The smallest absolute Gasteiger partial charge is 0.317 e. The van der Waals surface area contributed by atoms with E-state index in [0.717, 1.165) is 52.1 Å². The Morgan fingerprint density at radius 2 is 1.94 bits per heavy atom. The number of nitrogens with zero attached hydrogens (tertiary/aromatic N) is 2. The maximum absolute atomic E-state index is 12.1. The van der Waals surface area contributed by atoms with Gasteiger partial charge < -0.3 is 20.9 Å². The summed E-state index contributed by atoms with van der Waals surface area (Å²) in [5, 5.41) is 3.02. The second kappa shape index (κ2) is 6.95. The van der Waals surface area contributed by atoms with Gasteiger partial charge in [0.05, 0.1) is 0 Å². The number of amides is 2. The Hall–Kier alpha value is -0.810. The molecule has 1 heterocycles. The number of carbonyl (C=O) groups excluding carboxylic acids is 1. The summed E-state index contributed by atoms with van der Waals surface area (Å²) in [5.74, 6) is 0. The van der Waals surface area contributed by atoms with Crippen molar-refractivity contribution in [3.05, 3.63) is 0 Å². The number of nitrogens with one attached hydrogen (secondary N) is 1. The first-order chi connectivity index (χ1) is 8.42. The van der Waals surface area contributed by atoms with Crippen molar-refractivity contribution in [2.24, 2.45) is 5.73 Å². The third-order valence-corrected chi connectivity index (χ3v) is 3.04. The monoisotopic (exact) mass is 256 g/mol. The Kier molecular flexibility index (Phi) is 5.88. The highest BCUT2D eigenvalue weighted by Crippen LogP contribution is 2.06. The average molecular weight is 256 g/mol. The molecular formula is C13H28N4O. The molecule has 0 unspecified atom stereocenters. The largest absolute Gasteiger partial charge is 0.333 e. The maximum atomic E-state index is 12.1. The third-order valence-electron chi connectivity index (χ3n) is 3.04. The van der Waals surface area contributed by atoms with E-state index in [1.165, 1.54) is 0 Å². The van der Waals surface area contributed by atoms with Gasteiger partial charge in [-0.05, 0) is 53.2 Å². The molecule has 0 atom stereocenters. The number of urea groups is 1. The van der Waals surface area contributed by atoms with Crippen LogP contribution in [0.25, 0.3) is 0 Å². The fourth-order valence-corrected chi connectivity index (χ4v) is 2.11. The predicted molar refractivity (Wildman–Crippen MR) is 74.6 cm³/mol. The van der Waals surface area contributed by atoms with E-state index in [1.54, 1.807) is 0 Å². The lowest BCUT2D eigenvalue weighted by molar-refractivity contribution is 0.189. The van der Waals surface area contributed by atoms with Crippen molar-refractivity contribution in [3.63, 3.8) is 0 Å². The first-order valence-electron chi connectivity index (χ1n) is 6.92. The van der Waals surface area contributed by atoms with Crippen molar-refractivity contribution in [2.75, 3.05) is 39.3 Å². The molecule has 1 saturated heterocycles. The molecule has 0 aromatic rings. The van der Waals surface area contributed by atoms with Gasteiger partial charge in [0.15, 0.2) is 0 Å². The second-order valence-electron chi connectivity index (χ2n) is 6.00. The zero-order valence-corrected chi connectivity index (χ0v) is 12.0. The van der Waals surface area contributed by atoms with Crippen molar-refractivity contribution in [3.8, 4) is 0 Å². The van der Waals surface area contributed by atoms with E-state index in [2.05, 4.69) is 10.2 Å². The molecule has 18 heavy (non-hydrogen) atoms. The minimum Gasteiger partial charge on any atom is -0.333 e. The Morgan fingerprint density at radius 1 is 1.22 bits per heavy atom. The number of nitrogens with two attached hydrogens (primary N) is 1. The first kappa shape index (κ1) is 15.2. The molecule has 0 bridgehead atoms. The molecule has 0 saturated carbocycles. The van der Waals surface area contributed by atoms with E-state index in [-0.39, 0.29) is 11.6 Å². The van der Waals surface area contributed by atoms with Crippen LogP contribution in [0.2, 0.25) is 0 Å². The van der Waals surface area contributed by atoms with Crippen LogP contribution in [0.1, 0.15) is 33.6 Å². The molecule has 1 fully saturated rings. The van der Waals surface area contributed by atoms with Gasteiger partial charge in [0.2, 0.25) is 0 Å². The highest BCUT2D eigenvalue weighted by atomic mass is 16.2. The van der Waals surface area contributed by atoms with Gasteiger partial charge in [0.25, 0.3) is 0 Å². The number of hydrogen-bond acceptors (Lipinski definition) is 3. The van der Waals surface area contributed by atoms with Gasteiger partial charge in [-0.25, -0.2) is 4.79 Å². The van der Waals surface area contributed by atoms with E-state index in [0.29, 0.717) is 0 Å². The van der Waals surface area contributed by atoms with Gasteiger partial charge in [-0.2, -0.15) is 0 Å². The summed E-state index contributed by atoms with van der Waals surface area (Å²) in [4.78, 5) is 16.4. The zero-order valence-electron chi connectivity index (χ0n) is 12.0. The van der Waals surface area contributed by atoms with Gasteiger partial charge in [-0.1, -0.05) is 0 Å². The predicted octanol–water partition coefficient (Wildman–Crippen LogP) is 0.851. The summed E-state index contributed by atoms with van der Waals surface area (Å²) in [5.41, 5.74) is 5.36. The maximum Gasteiger partial charge on any atom is 0.317 e. The average Bonchev–Trinajstić information content (AvgIpc) is 2.49. The normalized spacial score (nSPS) is 18.6. The van der Waals surface area contributed by atoms with Crippen molar-refractivity contribution in [1.29, 1.82) is 0 Å². The van der Waals surface area contributed by atoms with Crippen LogP contribution in [-0.4, -0.2) is 60.6 Å². The van der Waals surface area contributed by atoms with E-state index in [9.17, 15) is 4.79 Å². The van der Waals surface area contributed by atoms with Crippen LogP contribution < -0.4 is 11.1 Å². The highest BCUT2D eigenvalue weighted by molar-refractivity contribution is 5.74. The third kappa shape index (κ3) is 5.69. The molecule has 0 spiro atoms. The summed E-state index contributed by atoms with van der Waals surface area (Å²) in [6.07, 6.45) is 2.08. The minimum absolute atomic E-state index is 0.0585. The zero-order chi connectivity index (χ0) is 13.6. The van der Waals surface area contributed by atoms with Crippen LogP contribution in [0, 0.1) is 0 Å². The SMILES string of the molecule is CC(C)(C)NC(=O)N1CCCN(CCCN)CC1. The second-order valence-corrected chi connectivity index (χ2v) is 6.00. The van der Waals surface area contributed by atoms with Crippen molar-refractivity contribution in [2.45, 2.75) is 39.2 Å². The molecule has 1 rings (SSSR count). The van der Waals surface area contributed by atoms with E-state index in [4.69, 9.17) is 5.73 Å². The van der Waals surface area contributed by atoms with E-state index >= 15 is 0 Å². The topological polar surface area (TPSA) is 61.6 Å². The Morgan fingerprint density at radius 3 is 2.56 bits per heavy atom. The number of rotatable bonds is 3. The van der Waals surface area contributed by atoms with Gasteiger partial charge >= 0.3 is 6.03 Å². The molecular weight excluding hydrogens is 228 g/mol.